The normalized spacial score (nSPS) is 23.7. The number of aromatic nitrogens is 2. The van der Waals surface area contributed by atoms with Crippen LogP contribution >= 0.6 is 0 Å². The number of hydrogen-bond acceptors (Lipinski definition) is 7. The minimum Gasteiger partial charge on any atom is -0.449 e. The van der Waals surface area contributed by atoms with Gasteiger partial charge in [-0.3, -0.25) is 0 Å². The Bertz CT molecular complexity index is 716. The molecule has 0 unspecified atom stereocenters. The second kappa shape index (κ2) is 9.81. The van der Waals surface area contributed by atoms with Crippen molar-refractivity contribution in [3.05, 3.63) is 11.8 Å². The second-order valence-corrected chi connectivity index (χ2v) is 9.07. The Morgan fingerprint density at radius 1 is 1.13 bits per heavy atom. The quantitative estimate of drug-likeness (QED) is 0.762. The Morgan fingerprint density at radius 2 is 1.90 bits per heavy atom. The fraction of sp³-hybridized carbons (Fsp3) is 0.773. The predicted octanol–water partition coefficient (Wildman–Crippen LogP) is 2.75. The highest BCUT2D eigenvalue weighted by atomic mass is 16.6. The summed E-state index contributed by atoms with van der Waals surface area (Å²) >= 11 is 0. The molecule has 1 saturated carbocycles. The average Bonchev–Trinajstić information content (AvgIpc) is 3.27. The van der Waals surface area contributed by atoms with Crippen LogP contribution in [-0.2, 0) is 4.74 Å². The molecule has 3 aliphatic rings. The smallest absolute Gasteiger partial charge is 0.409 e. The predicted molar refractivity (Wildman–Crippen MR) is 118 cm³/mol. The minimum absolute atomic E-state index is 0.155. The molecule has 2 aliphatic heterocycles. The summed E-state index contributed by atoms with van der Waals surface area (Å²) in [5, 5.41) is 3.34. The number of likely N-dealkylation sites (N-methyl/N-ethyl adjacent to an activating group) is 1. The number of anilines is 2. The van der Waals surface area contributed by atoms with Crippen molar-refractivity contribution in [1.29, 1.82) is 0 Å². The van der Waals surface area contributed by atoms with Gasteiger partial charge >= 0.3 is 6.09 Å². The molecule has 1 aromatic heterocycles. The average molecular weight is 417 g/mol. The molecule has 1 aliphatic carbocycles. The van der Waals surface area contributed by atoms with E-state index in [9.17, 15) is 4.79 Å². The molecule has 0 spiro atoms. The summed E-state index contributed by atoms with van der Waals surface area (Å²) in [5.41, 5.74) is 7.04. The van der Waals surface area contributed by atoms with E-state index in [0.29, 0.717) is 43.5 Å². The first-order valence-corrected chi connectivity index (χ1v) is 11.6. The van der Waals surface area contributed by atoms with Gasteiger partial charge in [0.25, 0.3) is 0 Å². The monoisotopic (exact) mass is 416 g/mol. The molecule has 1 atom stereocenters. The number of carbonyl (C=O) groups is 1. The molecule has 1 aromatic rings. The lowest BCUT2D eigenvalue weighted by molar-refractivity contribution is 0.0728. The first kappa shape index (κ1) is 21.2. The zero-order valence-electron chi connectivity index (χ0n) is 18.2. The van der Waals surface area contributed by atoms with Crippen molar-refractivity contribution in [3.63, 3.8) is 0 Å². The van der Waals surface area contributed by atoms with E-state index in [2.05, 4.69) is 26.3 Å². The number of ether oxygens (including phenoxy) is 1. The van der Waals surface area contributed by atoms with Crippen molar-refractivity contribution >= 4 is 17.9 Å². The first-order chi connectivity index (χ1) is 14.6. The van der Waals surface area contributed by atoms with Crippen LogP contribution in [0.5, 0.6) is 0 Å². The maximum Gasteiger partial charge on any atom is 0.409 e. The third-order valence-electron chi connectivity index (χ3n) is 7.01. The number of nitrogen functional groups attached to an aromatic ring is 1. The third-order valence-corrected chi connectivity index (χ3v) is 7.01. The van der Waals surface area contributed by atoms with Crippen LogP contribution in [0.25, 0.3) is 0 Å². The molecule has 8 nitrogen and oxygen atoms in total. The minimum atomic E-state index is -0.155. The zero-order chi connectivity index (χ0) is 20.9. The standard InChI is InChI=1S/C22H36N6O2/c1-24-18-9-12-28(14-18)20-13-19(25-21(23)26-20)17-7-10-27(11-8-17)22(29)30-15-16-5-3-2-4-6-16/h13,16-18,24H,2-12,14-15H2,1H3,(H2,23,25,26)/t18-/m1/s1. The van der Waals surface area contributed by atoms with E-state index in [-0.39, 0.29) is 6.09 Å². The molecule has 166 valence electrons. The Morgan fingerprint density at radius 3 is 2.60 bits per heavy atom. The first-order valence-electron chi connectivity index (χ1n) is 11.6. The van der Waals surface area contributed by atoms with E-state index in [1.807, 2.05) is 11.9 Å². The number of likely N-dealkylation sites (tertiary alicyclic amines) is 1. The number of hydrogen-bond donors (Lipinski definition) is 2. The van der Waals surface area contributed by atoms with Crippen LogP contribution < -0.4 is 16.0 Å². The largest absolute Gasteiger partial charge is 0.449 e. The summed E-state index contributed by atoms with van der Waals surface area (Å²) in [6, 6.07) is 2.59. The van der Waals surface area contributed by atoms with Gasteiger partial charge in [-0.2, -0.15) is 4.98 Å². The molecule has 2 saturated heterocycles. The van der Waals surface area contributed by atoms with E-state index in [1.165, 1.54) is 32.1 Å². The van der Waals surface area contributed by atoms with Gasteiger partial charge in [-0.1, -0.05) is 19.3 Å². The van der Waals surface area contributed by atoms with Crippen LogP contribution in [0.4, 0.5) is 16.6 Å². The summed E-state index contributed by atoms with van der Waals surface area (Å²) in [6.07, 6.45) is 8.96. The molecule has 4 rings (SSSR count). The van der Waals surface area contributed by atoms with Gasteiger partial charge in [-0.25, -0.2) is 9.78 Å². The molecule has 30 heavy (non-hydrogen) atoms. The number of nitrogens with zero attached hydrogens (tertiary/aromatic N) is 4. The summed E-state index contributed by atoms with van der Waals surface area (Å²) in [5.74, 6) is 2.11. The van der Waals surface area contributed by atoms with Gasteiger partial charge < -0.3 is 25.6 Å². The van der Waals surface area contributed by atoms with Gasteiger partial charge in [0.05, 0.1) is 12.3 Å². The molecule has 0 bridgehead atoms. The highest BCUT2D eigenvalue weighted by Crippen LogP contribution is 2.30. The van der Waals surface area contributed by atoms with Crippen LogP contribution in [0.2, 0.25) is 0 Å². The van der Waals surface area contributed by atoms with E-state index in [4.69, 9.17) is 10.5 Å². The SMILES string of the molecule is CN[C@@H]1CCN(c2cc(C3CCN(C(=O)OCC4CCCCC4)CC3)nc(N)n2)C1. The number of amides is 1. The second-order valence-electron chi connectivity index (χ2n) is 9.07. The van der Waals surface area contributed by atoms with Crippen molar-refractivity contribution in [2.24, 2.45) is 5.92 Å². The molecule has 0 aromatic carbocycles. The maximum absolute atomic E-state index is 12.5. The lowest BCUT2D eigenvalue weighted by atomic mass is 9.90. The third kappa shape index (κ3) is 5.14. The number of rotatable bonds is 5. The number of nitrogens with one attached hydrogen (secondary N) is 1. The topological polar surface area (TPSA) is 96.6 Å². The lowest BCUT2D eigenvalue weighted by Gasteiger charge is -2.32. The molecule has 8 heteroatoms. The van der Waals surface area contributed by atoms with E-state index >= 15 is 0 Å². The van der Waals surface area contributed by atoms with E-state index in [1.54, 1.807) is 0 Å². The number of carbonyl (C=O) groups excluding carboxylic acids is 1. The highest BCUT2D eigenvalue weighted by molar-refractivity contribution is 5.67. The van der Waals surface area contributed by atoms with E-state index < -0.39 is 0 Å². The molecule has 3 N–H and O–H groups in total. The van der Waals surface area contributed by atoms with Crippen molar-refractivity contribution in [2.75, 3.05) is 50.5 Å². The summed E-state index contributed by atoms with van der Waals surface area (Å²) in [7, 11) is 2.00. The molecular formula is C22H36N6O2. The van der Waals surface area contributed by atoms with Crippen molar-refractivity contribution in [2.45, 2.75) is 63.3 Å². The van der Waals surface area contributed by atoms with Crippen LogP contribution in [-0.4, -0.2) is 66.8 Å². The molecule has 3 heterocycles. The molecular weight excluding hydrogens is 380 g/mol. The van der Waals surface area contributed by atoms with Crippen LogP contribution in [0, 0.1) is 5.92 Å². The van der Waals surface area contributed by atoms with Gasteiger partial charge in [0.1, 0.15) is 5.82 Å². The summed E-state index contributed by atoms with van der Waals surface area (Å²) in [6.45, 7) is 3.91. The Hall–Kier alpha value is -2.09. The molecule has 0 radical (unpaired) electrons. The maximum atomic E-state index is 12.5. The Balaban J connectivity index is 1.30. The number of piperidine rings is 1. The van der Waals surface area contributed by atoms with Crippen molar-refractivity contribution < 1.29 is 9.53 Å². The van der Waals surface area contributed by atoms with Gasteiger partial charge in [0.15, 0.2) is 0 Å². The van der Waals surface area contributed by atoms with Crippen molar-refractivity contribution in [1.82, 2.24) is 20.2 Å². The molecule has 3 fully saturated rings. The lowest BCUT2D eigenvalue weighted by Crippen LogP contribution is -2.39. The number of nitrogens with two attached hydrogens (primary N) is 1. The van der Waals surface area contributed by atoms with Crippen LogP contribution in [0.15, 0.2) is 6.07 Å². The van der Waals surface area contributed by atoms with Gasteiger partial charge in [-0.15, -0.1) is 0 Å². The van der Waals surface area contributed by atoms with Crippen molar-refractivity contribution in [3.8, 4) is 0 Å². The Kier molecular flexibility index (Phi) is 6.92. The van der Waals surface area contributed by atoms with Gasteiger partial charge in [0, 0.05) is 44.2 Å². The van der Waals surface area contributed by atoms with Gasteiger partial charge in [-0.05, 0) is 45.1 Å². The van der Waals surface area contributed by atoms with Gasteiger partial charge in [0.2, 0.25) is 5.95 Å². The van der Waals surface area contributed by atoms with Crippen LogP contribution in [0.1, 0.15) is 63.0 Å². The fourth-order valence-corrected chi connectivity index (χ4v) is 5.04. The summed E-state index contributed by atoms with van der Waals surface area (Å²) < 4.78 is 5.62. The molecule has 1 amide bonds. The Labute approximate surface area is 179 Å². The van der Waals surface area contributed by atoms with Crippen LogP contribution in [0.3, 0.4) is 0 Å². The zero-order valence-corrected chi connectivity index (χ0v) is 18.2. The fourth-order valence-electron chi connectivity index (χ4n) is 5.04. The highest BCUT2D eigenvalue weighted by Gasteiger charge is 2.28. The summed E-state index contributed by atoms with van der Waals surface area (Å²) in [4.78, 5) is 25.6. The van der Waals surface area contributed by atoms with E-state index in [0.717, 1.165) is 43.9 Å².